The number of nitrogens with one attached hydrogen (secondary N) is 2. The van der Waals surface area contributed by atoms with E-state index in [1.54, 1.807) is 42.7 Å². The van der Waals surface area contributed by atoms with Crippen LogP contribution in [0.15, 0.2) is 71.3 Å². The number of carbonyl (C=O) groups is 2. The van der Waals surface area contributed by atoms with Crippen molar-refractivity contribution in [1.29, 1.82) is 0 Å². The quantitative estimate of drug-likeness (QED) is 0.712. The van der Waals surface area contributed by atoms with Crippen molar-refractivity contribution >= 4 is 34.8 Å². The lowest BCUT2D eigenvalue weighted by atomic mass is 10.0. The highest BCUT2D eigenvalue weighted by Gasteiger charge is 2.25. The number of amides is 2. The summed E-state index contributed by atoms with van der Waals surface area (Å²) < 4.78 is 5.28. The highest BCUT2D eigenvalue weighted by atomic mass is 16.3. The largest absolute Gasteiger partial charge is 0.465 e. The average molecular weight is 330 g/mol. The smallest absolute Gasteiger partial charge is 0.256 e. The molecule has 1 aromatic heterocycles. The molecule has 2 heterocycles. The molecule has 0 radical (unpaired) electrons. The van der Waals surface area contributed by atoms with E-state index < -0.39 is 0 Å². The summed E-state index contributed by atoms with van der Waals surface area (Å²) in [5.41, 5.74) is 3.03. The number of benzene rings is 2. The molecule has 0 saturated carbocycles. The van der Waals surface area contributed by atoms with Gasteiger partial charge in [-0.15, -0.1) is 0 Å². The van der Waals surface area contributed by atoms with E-state index >= 15 is 0 Å². The average Bonchev–Trinajstić information content (AvgIpc) is 3.24. The predicted octanol–water partition coefficient (Wildman–Crippen LogP) is 4.02. The van der Waals surface area contributed by atoms with E-state index in [1.165, 1.54) is 0 Å². The first-order valence-electron chi connectivity index (χ1n) is 7.78. The second-order valence-corrected chi connectivity index (χ2v) is 5.61. The molecule has 25 heavy (non-hydrogen) atoms. The zero-order valence-corrected chi connectivity index (χ0v) is 13.2. The Hall–Kier alpha value is -3.60. The fourth-order valence-electron chi connectivity index (χ4n) is 2.71. The Morgan fingerprint density at radius 1 is 1.04 bits per heavy atom. The van der Waals surface area contributed by atoms with Gasteiger partial charge in [0.1, 0.15) is 5.76 Å². The van der Waals surface area contributed by atoms with E-state index in [4.69, 9.17) is 4.42 Å². The molecule has 2 N–H and O–H groups in total. The van der Waals surface area contributed by atoms with Crippen LogP contribution < -0.4 is 10.6 Å². The Bertz CT molecular complexity index is 973. The monoisotopic (exact) mass is 330 g/mol. The first-order chi connectivity index (χ1) is 12.2. The van der Waals surface area contributed by atoms with Gasteiger partial charge in [-0.1, -0.05) is 18.2 Å². The molecule has 0 saturated heterocycles. The number of rotatable bonds is 3. The summed E-state index contributed by atoms with van der Waals surface area (Å²) in [7, 11) is 0. The van der Waals surface area contributed by atoms with Gasteiger partial charge in [-0.25, -0.2) is 0 Å². The first kappa shape index (κ1) is 15.0. The third-order valence-corrected chi connectivity index (χ3v) is 3.93. The minimum atomic E-state index is -0.231. The van der Waals surface area contributed by atoms with Crippen molar-refractivity contribution in [2.45, 2.75) is 0 Å². The van der Waals surface area contributed by atoms with Crippen molar-refractivity contribution < 1.29 is 14.0 Å². The molecule has 2 aromatic carbocycles. The van der Waals surface area contributed by atoms with Crippen LogP contribution in [0.4, 0.5) is 11.4 Å². The summed E-state index contributed by atoms with van der Waals surface area (Å²) in [5, 5.41) is 5.63. The van der Waals surface area contributed by atoms with Gasteiger partial charge in [-0.05, 0) is 48.5 Å². The third kappa shape index (κ3) is 2.95. The summed E-state index contributed by atoms with van der Waals surface area (Å²) >= 11 is 0. The molecule has 4 rings (SSSR count). The summed E-state index contributed by atoms with van der Waals surface area (Å²) in [6, 6.07) is 17.9. The van der Waals surface area contributed by atoms with Crippen molar-refractivity contribution in [3.05, 3.63) is 83.8 Å². The van der Waals surface area contributed by atoms with Crippen molar-refractivity contribution in [3.8, 4) is 0 Å². The molecule has 0 spiro atoms. The normalized spacial score (nSPS) is 14.2. The molecule has 0 aliphatic carbocycles. The Kier molecular flexibility index (Phi) is 3.67. The first-order valence-corrected chi connectivity index (χ1v) is 7.78. The molecule has 1 aliphatic heterocycles. The highest BCUT2D eigenvalue weighted by Crippen LogP contribution is 2.34. The molecule has 5 heteroatoms. The van der Waals surface area contributed by atoms with Crippen LogP contribution in [0.2, 0.25) is 0 Å². The Balaban J connectivity index is 1.66. The van der Waals surface area contributed by atoms with Gasteiger partial charge in [0.2, 0.25) is 0 Å². The predicted molar refractivity (Wildman–Crippen MR) is 96.0 cm³/mol. The molecule has 3 aromatic rings. The maximum atomic E-state index is 12.5. The summed E-state index contributed by atoms with van der Waals surface area (Å²) in [6.45, 7) is 0. The Labute approximate surface area is 144 Å². The van der Waals surface area contributed by atoms with Crippen LogP contribution in [-0.4, -0.2) is 11.8 Å². The van der Waals surface area contributed by atoms with Gasteiger partial charge >= 0.3 is 0 Å². The minimum Gasteiger partial charge on any atom is -0.465 e. The van der Waals surface area contributed by atoms with Crippen LogP contribution in [0.25, 0.3) is 11.6 Å². The second kappa shape index (κ2) is 6.13. The van der Waals surface area contributed by atoms with Crippen molar-refractivity contribution in [2.24, 2.45) is 0 Å². The van der Waals surface area contributed by atoms with Crippen molar-refractivity contribution in [2.75, 3.05) is 10.6 Å². The molecule has 1 aliphatic rings. The van der Waals surface area contributed by atoms with Crippen LogP contribution in [0, 0.1) is 0 Å². The fraction of sp³-hybridized carbons (Fsp3) is 0. The van der Waals surface area contributed by atoms with E-state index in [9.17, 15) is 9.59 Å². The molecule has 2 amide bonds. The van der Waals surface area contributed by atoms with Crippen LogP contribution in [0.1, 0.15) is 21.7 Å². The second-order valence-electron chi connectivity index (χ2n) is 5.61. The Morgan fingerprint density at radius 3 is 2.64 bits per heavy atom. The number of para-hydroxylation sites is 1. The minimum absolute atomic E-state index is 0.216. The highest BCUT2D eigenvalue weighted by molar-refractivity contribution is 6.35. The molecule has 0 atom stereocenters. The van der Waals surface area contributed by atoms with E-state index in [2.05, 4.69) is 10.6 Å². The van der Waals surface area contributed by atoms with Crippen molar-refractivity contribution in [1.82, 2.24) is 0 Å². The lowest BCUT2D eigenvalue weighted by Crippen LogP contribution is -2.11. The summed E-state index contributed by atoms with van der Waals surface area (Å²) in [4.78, 5) is 24.7. The van der Waals surface area contributed by atoms with Gasteiger partial charge in [0, 0.05) is 22.5 Å². The third-order valence-electron chi connectivity index (χ3n) is 3.93. The van der Waals surface area contributed by atoms with E-state index in [1.807, 2.05) is 30.3 Å². The van der Waals surface area contributed by atoms with Gasteiger partial charge in [-0.3, -0.25) is 9.59 Å². The van der Waals surface area contributed by atoms with Gasteiger partial charge < -0.3 is 15.1 Å². The number of hydrogen-bond acceptors (Lipinski definition) is 3. The van der Waals surface area contributed by atoms with Gasteiger partial charge in [0.25, 0.3) is 11.8 Å². The lowest BCUT2D eigenvalue weighted by molar-refractivity contribution is -0.110. The maximum Gasteiger partial charge on any atom is 0.256 e. The molecule has 0 fully saturated rings. The molecule has 5 nitrogen and oxygen atoms in total. The molecular weight excluding hydrogens is 316 g/mol. The molecule has 0 unspecified atom stereocenters. The molecular formula is C20H14N2O3. The standard InChI is InChI=1S/C20H14N2O3/c23-19(21-14-5-2-1-3-6-14)13-8-9-18-16(11-13)17(20(24)22-18)12-15-7-4-10-25-15/h1-12H,(H,21,23)(H,22,24). The van der Waals surface area contributed by atoms with Crippen molar-refractivity contribution in [3.63, 3.8) is 0 Å². The molecule has 122 valence electrons. The Morgan fingerprint density at radius 2 is 1.88 bits per heavy atom. The number of anilines is 2. The summed E-state index contributed by atoms with van der Waals surface area (Å²) in [6.07, 6.45) is 3.21. The van der Waals surface area contributed by atoms with Crippen LogP contribution in [0.5, 0.6) is 0 Å². The topological polar surface area (TPSA) is 71.3 Å². The molecule has 0 bridgehead atoms. The van der Waals surface area contributed by atoms with Gasteiger partial charge in [-0.2, -0.15) is 0 Å². The van der Waals surface area contributed by atoms with Crippen LogP contribution >= 0.6 is 0 Å². The fourth-order valence-corrected chi connectivity index (χ4v) is 2.71. The maximum absolute atomic E-state index is 12.5. The van der Waals surface area contributed by atoms with E-state index in [0.29, 0.717) is 33.8 Å². The van der Waals surface area contributed by atoms with Crippen LogP contribution in [-0.2, 0) is 4.79 Å². The number of carbonyl (C=O) groups excluding carboxylic acids is 2. The van der Waals surface area contributed by atoms with E-state index in [-0.39, 0.29) is 11.8 Å². The number of hydrogen-bond donors (Lipinski definition) is 2. The number of fused-ring (bicyclic) bond motifs is 1. The SMILES string of the molecule is O=C1Nc2ccc(C(=O)Nc3ccccc3)cc2C1=Cc1ccco1. The summed E-state index contributed by atoms with van der Waals surface area (Å²) in [5.74, 6) is 0.134. The lowest BCUT2D eigenvalue weighted by Gasteiger charge is -2.06. The zero-order chi connectivity index (χ0) is 17.2. The van der Waals surface area contributed by atoms with E-state index in [0.717, 1.165) is 0 Å². The van der Waals surface area contributed by atoms with Gasteiger partial charge in [0.05, 0.1) is 11.8 Å². The zero-order valence-electron chi connectivity index (χ0n) is 13.2. The van der Waals surface area contributed by atoms with Gasteiger partial charge in [0.15, 0.2) is 0 Å². The number of furan rings is 1. The van der Waals surface area contributed by atoms with Crippen LogP contribution in [0.3, 0.4) is 0 Å².